The number of benzene rings is 1. The van der Waals surface area contributed by atoms with Crippen molar-refractivity contribution in [3.63, 3.8) is 0 Å². The van der Waals surface area contributed by atoms with E-state index >= 15 is 0 Å². The number of hydrogen-bond donors (Lipinski definition) is 3. The molecule has 0 heterocycles. The average Bonchev–Trinajstić information content (AvgIpc) is 2.35. The van der Waals surface area contributed by atoms with Gasteiger partial charge in [-0.1, -0.05) is 12.1 Å². The van der Waals surface area contributed by atoms with E-state index in [0.717, 1.165) is 5.56 Å². The molecule has 5 heteroatoms. The molecule has 1 rings (SSSR count). The molecule has 0 radical (unpaired) electrons. The van der Waals surface area contributed by atoms with Crippen LogP contribution in [0.25, 0.3) is 0 Å². The minimum absolute atomic E-state index is 0.118. The van der Waals surface area contributed by atoms with Crippen molar-refractivity contribution in [1.82, 2.24) is 0 Å². The van der Waals surface area contributed by atoms with Crippen LogP contribution in [0.15, 0.2) is 24.3 Å². The van der Waals surface area contributed by atoms with Crippen LogP contribution in [0.3, 0.4) is 0 Å². The highest BCUT2D eigenvalue weighted by molar-refractivity contribution is 6.03. The zero-order valence-corrected chi connectivity index (χ0v) is 10.2. The molecule has 18 heavy (non-hydrogen) atoms. The van der Waals surface area contributed by atoms with Crippen LogP contribution < -0.4 is 5.32 Å². The molecule has 0 aliphatic heterocycles. The fraction of sp³-hybridized carbons (Fsp3) is 0.385. The van der Waals surface area contributed by atoms with Crippen molar-refractivity contribution >= 4 is 17.6 Å². The first-order valence-electron chi connectivity index (χ1n) is 5.78. The number of rotatable bonds is 6. The largest absolute Gasteiger partial charge is 0.481 e. The number of carboxylic acids is 1. The van der Waals surface area contributed by atoms with E-state index in [1.807, 2.05) is 6.07 Å². The zero-order chi connectivity index (χ0) is 13.5. The Balaban J connectivity index is 2.67. The second-order valence-corrected chi connectivity index (χ2v) is 4.08. The average molecular weight is 251 g/mol. The molecule has 1 unspecified atom stereocenters. The number of aliphatic hydroxyl groups excluding tert-OH is 1. The highest BCUT2D eigenvalue weighted by Crippen LogP contribution is 2.13. The first-order chi connectivity index (χ1) is 8.54. The van der Waals surface area contributed by atoms with Crippen molar-refractivity contribution < 1.29 is 19.8 Å². The van der Waals surface area contributed by atoms with Gasteiger partial charge in [0, 0.05) is 12.3 Å². The summed E-state index contributed by atoms with van der Waals surface area (Å²) in [5, 5.41) is 20.0. The molecule has 98 valence electrons. The Morgan fingerprint density at radius 2 is 2.11 bits per heavy atom. The molecule has 0 aromatic heterocycles. The fourth-order valence-electron chi connectivity index (χ4n) is 1.45. The van der Waals surface area contributed by atoms with Crippen molar-refractivity contribution in [1.29, 1.82) is 0 Å². The molecule has 3 N–H and O–H groups in total. The van der Waals surface area contributed by atoms with Crippen molar-refractivity contribution in [3.8, 4) is 0 Å². The van der Waals surface area contributed by atoms with Gasteiger partial charge in [0.05, 0.1) is 0 Å². The van der Waals surface area contributed by atoms with E-state index < -0.39 is 17.8 Å². The predicted molar refractivity (Wildman–Crippen MR) is 67.3 cm³/mol. The Hall–Kier alpha value is -1.88. The van der Waals surface area contributed by atoms with E-state index in [-0.39, 0.29) is 6.61 Å². The van der Waals surface area contributed by atoms with Crippen LogP contribution in [0.4, 0.5) is 5.69 Å². The lowest BCUT2D eigenvalue weighted by molar-refractivity contribution is -0.144. The number of amides is 1. The van der Waals surface area contributed by atoms with Gasteiger partial charge >= 0.3 is 5.97 Å². The molecular formula is C13H17NO4. The summed E-state index contributed by atoms with van der Waals surface area (Å²) >= 11 is 0. The van der Waals surface area contributed by atoms with Crippen LogP contribution in [0.2, 0.25) is 0 Å². The molecule has 0 spiro atoms. The molecular weight excluding hydrogens is 234 g/mol. The number of aliphatic carboxylic acids is 1. The van der Waals surface area contributed by atoms with Gasteiger partial charge in [-0.15, -0.1) is 0 Å². The summed E-state index contributed by atoms with van der Waals surface area (Å²) in [5.41, 5.74) is 1.56. The van der Waals surface area contributed by atoms with Crippen molar-refractivity contribution in [2.24, 2.45) is 5.92 Å². The van der Waals surface area contributed by atoms with Gasteiger partial charge in [0.15, 0.2) is 0 Å². The topological polar surface area (TPSA) is 86.6 Å². The van der Waals surface area contributed by atoms with Crippen molar-refractivity contribution in [3.05, 3.63) is 29.8 Å². The van der Waals surface area contributed by atoms with E-state index in [1.165, 1.54) is 6.92 Å². The van der Waals surface area contributed by atoms with E-state index in [9.17, 15) is 9.59 Å². The van der Waals surface area contributed by atoms with Gasteiger partial charge in [-0.3, -0.25) is 9.59 Å². The summed E-state index contributed by atoms with van der Waals surface area (Å²) < 4.78 is 0. The molecule has 0 aliphatic rings. The van der Waals surface area contributed by atoms with Crippen LogP contribution in [0.1, 0.15) is 18.9 Å². The lowest BCUT2D eigenvalue weighted by Gasteiger charge is -2.09. The Morgan fingerprint density at radius 1 is 1.39 bits per heavy atom. The van der Waals surface area contributed by atoms with Crippen LogP contribution in [0, 0.1) is 5.92 Å². The van der Waals surface area contributed by atoms with Gasteiger partial charge in [-0.05, 0) is 37.5 Å². The molecule has 0 fully saturated rings. The Kier molecular flexibility index (Phi) is 5.32. The quantitative estimate of drug-likeness (QED) is 0.664. The number of anilines is 1. The Labute approximate surface area is 105 Å². The second-order valence-electron chi connectivity index (χ2n) is 4.08. The summed E-state index contributed by atoms with van der Waals surface area (Å²) in [7, 11) is 0. The molecule has 0 aliphatic carbocycles. The van der Waals surface area contributed by atoms with Gasteiger partial charge in [0.1, 0.15) is 5.92 Å². The lowest BCUT2D eigenvalue weighted by atomic mass is 10.1. The second kappa shape index (κ2) is 6.76. The monoisotopic (exact) mass is 251 g/mol. The lowest BCUT2D eigenvalue weighted by Crippen LogP contribution is -2.26. The molecule has 0 saturated heterocycles. The van der Waals surface area contributed by atoms with Crippen molar-refractivity contribution in [2.75, 3.05) is 11.9 Å². The molecule has 0 saturated carbocycles. The number of hydrogen-bond acceptors (Lipinski definition) is 3. The number of carbonyl (C=O) groups is 2. The van der Waals surface area contributed by atoms with E-state index in [4.69, 9.17) is 10.2 Å². The van der Waals surface area contributed by atoms with E-state index in [0.29, 0.717) is 18.5 Å². The summed E-state index contributed by atoms with van der Waals surface area (Å²) in [6.45, 7) is 1.46. The number of aliphatic hydroxyl groups is 1. The van der Waals surface area contributed by atoms with Crippen LogP contribution >= 0.6 is 0 Å². The highest BCUT2D eigenvalue weighted by atomic mass is 16.4. The molecule has 1 aromatic carbocycles. The standard InChI is InChI=1S/C13H17NO4/c1-9(13(17)18)12(16)14-11-6-2-4-10(8-11)5-3-7-15/h2,4,6,8-9,15H,3,5,7H2,1H3,(H,14,16)(H,17,18). The summed E-state index contributed by atoms with van der Waals surface area (Å²) in [6, 6.07) is 7.16. The molecule has 1 amide bonds. The van der Waals surface area contributed by atoms with Gasteiger partial charge < -0.3 is 15.5 Å². The number of carboxylic acid groups (broad SMARTS) is 1. The third-order valence-electron chi connectivity index (χ3n) is 2.58. The van der Waals surface area contributed by atoms with Crippen molar-refractivity contribution in [2.45, 2.75) is 19.8 Å². The Bertz CT molecular complexity index is 431. The third kappa shape index (κ3) is 4.18. The third-order valence-corrected chi connectivity index (χ3v) is 2.58. The van der Waals surface area contributed by atoms with Crippen LogP contribution in [0.5, 0.6) is 0 Å². The highest BCUT2D eigenvalue weighted by Gasteiger charge is 2.20. The van der Waals surface area contributed by atoms with E-state index in [1.54, 1.807) is 18.2 Å². The van der Waals surface area contributed by atoms with Crippen LogP contribution in [-0.4, -0.2) is 28.7 Å². The van der Waals surface area contributed by atoms with Crippen LogP contribution in [-0.2, 0) is 16.0 Å². The number of nitrogens with one attached hydrogen (secondary N) is 1. The molecule has 0 bridgehead atoms. The molecule has 1 atom stereocenters. The number of aryl methyl sites for hydroxylation is 1. The minimum Gasteiger partial charge on any atom is -0.481 e. The molecule has 1 aromatic rings. The van der Waals surface area contributed by atoms with Gasteiger partial charge in [-0.2, -0.15) is 0 Å². The van der Waals surface area contributed by atoms with Gasteiger partial charge in [-0.25, -0.2) is 0 Å². The maximum Gasteiger partial charge on any atom is 0.315 e. The summed E-state index contributed by atoms with van der Waals surface area (Å²) in [4.78, 5) is 22.2. The maximum absolute atomic E-state index is 11.5. The first kappa shape index (κ1) is 14.2. The summed E-state index contributed by atoms with van der Waals surface area (Å²) in [6.07, 6.45) is 1.37. The zero-order valence-electron chi connectivity index (χ0n) is 10.2. The predicted octanol–water partition coefficient (Wildman–Crippen LogP) is 1.27. The summed E-state index contributed by atoms with van der Waals surface area (Å²) in [5.74, 6) is -2.77. The van der Waals surface area contributed by atoms with Gasteiger partial charge in [0.25, 0.3) is 0 Å². The van der Waals surface area contributed by atoms with E-state index in [2.05, 4.69) is 5.32 Å². The normalized spacial score (nSPS) is 11.9. The maximum atomic E-state index is 11.5. The SMILES string of the molecule is CC(C(=O)O)C(=O)Nc1cccc(CCCO)c1. The smallest absolute Gasteiger partial charge is 0.315 e. The minimum atomic E-state index is -1.15. The fourth-order valence-corrected chi connectivity index (χ4v) is 1.45. The number of carbonyl (C=O) groups excluding carboxylic acids is 1. The van der Waals surface area contributed by atoms with Gasteiger partial charge in [0.2, 0.25) is 5.91 Å². The first-order valence-corrected chi connectivity index (χ1v) is 5.78. The Morgan fingerprint density at radius 3 is 2.72 bits per heavy atom. The molecule has 5 nitrogen and oxygen atoms in total.